The lowest BCUT2D eigenvalue weighted by atomic mass is 10.3. The molecule has 1 saturated carbocycles. The van der Waals surface area contributed by atoms with E-state index in [0.717, 1.165) is 18.7 Å². The van der Waals surface area contributed by atoms with Crippen molar-refractivity contribution in [1.29, 1.82) is 0 Å². The van der Waals surface area contributed by atoms with Crippen LogP contribution in [0.2, 0.25) is 0 Å². The zero-order chi connectivity index (χ0) is 13.1. The normalized spacial score (nSPS) is 16.9. The summed E-state index contributed by atoms with van der Waals surface area (Å²) in [7, 11) is 0. The van der Waals surface area contributed by atoms with Gasteiger partial charge in [0.2, 0.25) is 5.91 Å². The molecule has 6 nitrogen and oxygen atoms in total. The molecule has 0 spiro atoms. The Morgan fingerprint density at radius 1 is 1.50 bits per heavy atom. The first-order valence-corrected chi connectivity index (χ1v) is 6.50. The van der Waals surface area contributed by atoms with Crippen LogP contribution in [0.3, 0.4) is 0 Å². The van der Waals surface area contributed by atoms with Gasteiger partial charge in [-0.25, -0.2) is 9.67 Å². The van der Waals surface area contributed by atoms with E-state index >= 15 is 0 Å². The average molecular weight is 251 g/mol. The lowest BCUT2D eigenvalue weighted by molar-refractivity contribution is -0.122. The largest absolute Gasteiger partial charge is 0.352 e. The Balaban J connectivity index is 1.82. The van der Waals surface area contributed by atoms with Crippen molar-refractivity contribution in [3.63, 3.8) is 0 Å². The van der Waals surface area contributed by atoms with Gasteiger partial charge in [-0.1, -0.05) is 0 Å². The Kier molecular flexibility index (Phi) is 3.96. The summed E-state index contributed by atoms with van der Waals surface area (Å²) in [5.41, 5.74) is 0. The van der Waals surface area contributed by atoms with Gasteiger partial charge in [-0.3, -0.25) is 10.1 Å². The number of nitrogens with one attached hydrogen (secondary N) is 2. The fourth-order valence-corrected chi connectivity index (χ4v) is 1.72. The van der Waals surface area contributed by atoms with Crippen LogP contribution in [-0.4, -0.2) is 32.8 Å². The van der Waals surface area contributed by atoms with Crippen LogP contribution in [-0.2, 0) is 11.3 Å². The molecule has 0 aromatic carbocycles. The maximum atomic E-state index is 11.8. The second-order valence-corrected chi connectivity index (χ2v) is 5.10. The van der Waals surface area contributed by atoms with Crippen LogP contribution < -0.4 is 10.6 Å². The zero-order valence-electron chi connectivity index (χ0n) is 11.2. The second kappa shape index (κ2) is 5.48. The fraction of sp³-hybridized carbons (Fsp3) is 0.750. The van der Waals surface area contributed by atoms with E-state index in [4.69, 9.17) is 0 Å². The minimum atomic E-state index is -0.206. The van der Waals surface area contributed by atoms with Crippen LogP contribution >= 0.6 is 0 Å². The smallest absolute Gasteiger partial charge is 0.237 e. The van der Waals surface area contributed by atoms with Gasteiger partial charge in [0.1, 0.15) is 12.2 Å². The highest BCUT2D eigenvalue weighted by Gasteiger charge is 2.25. The highest BCUT2D eigenvalue weighted by molar-refractivity contribution is 5.81. The maximum absolute atomic E-state index is 11.8. The molecule has 1 amide bonds. The summed E-state index contributed by atoms with van der Waals surface area (Å²) < 4.78 is 1.86. The maximum Gasteiger partial charge on any atom is 0.237 e. The third kappa shape index (κ3) is 3.29. The topological polar surface area (TPSA) is 71.8 Å². The summed E-state index contributed by atoms with van der Waals surface area (Å²) in [6.07, 6.45) is 3.77. The van der Waals surface area contributed by atoms with Crippen molar-refractivity contribution in [3.05, 3.63) is 12.2 Å². The summed E-state index contributed by atoms with van der Waals surface area (Å²) in [4.78, 5) is 16.0. The fourth-order valence-electron chi connectivity index (χ4n) is 1.72. The molecular formula is C12H21N5O. The van der Waals surface area contributed by atoms with Gasteiger partial charge >= 0.3 is 0 Å². The van der Waals surface area contributed by atoms with Crippen LogP contribution in [0.5, 0.6) is 0 Å². The molecule has 1 aromatic rings. The van der Waals surface area contributed by atoms with Crippen molar-refractivity contribution < 1.29 is 4.79 Å². The molecule has 0 bridgehead atoms. The number of rotatable bonds is 6. The van der Waals surface area contributed by atoms with Crippen LogP contribution in [0.4, 0.5) is 0 Å². The van der Waals surface area contributed by atoms with E-state index in [2.05, 4.69) is 34.6 Å². The zero-order valence-corrected chi connectivity index (χ0v) is 11.2. The molecular weight excluding hydrogens is 230 g/mol. The van der Waals surface area contributed by atoms with E-state index in [-0.39, 0.29) is 18.0 Å². The molecule has 0 radical (unpaired) electrons. The SMILES string of the molecule is CC(NCc1ncnn1C(C)C)C(=O)NC1CC1. The van der Waals surface area contributed by atoms with Crippen molar-refractivity contribution in [1.82, 2.24) is 25.4 Å². The summed E-state index contributed by atoms with van der Waals surface area (Å²) in [5.74, 6) is 0.921. The van der Waals surface area contributed by atoms with Gasteiger partial charge in [0.25, 0.3) is 0 Å². The van der Waals surface area contributed by atoms with Crippen LogP contribution in [0, 0.1) is 0 Å². The number of aromatic nitrogens is 3. The van der Waals surface area contributed by atoms with Crippen molar-refractivity contribution in [2.24, 2.45) is 0 Å². The number of nitrogens with zero attached hydrogens (tertiary/aromatic N) is 3. The van der Waals surface area contributed by atoms with Crippen LogP contribution in [0.15, 0.2) is 6.33 Å². The van der Waals surface area contributed by atoms with E-state index < -0.39 is 0 Å². The number of amides is 1. The molecule has 1 unspecified atom stereocenters. The van der Waals surface area contributed by atoms with Gasteiger partial charge in [0, 0.05) is 12.1 Å². The van der Waals surface area contributed by atoms with E-state index in [1.165, 1.54) is 0 Å². The summed E-state index contributed by atoms with van der Waals surface area (Å²) >= 11 is 0. The average Bonchev–Trinajstić information content (AvgIpc) is 3.00. The number of hydrogen-bond acceptors (Lipinski definition) is 4. The molecule has 2 N–H and O–H groups in total. The Hall–Kier alpha value is -1.43. The minimum Gasteiger partial charge on any atom is -0.352 e. The molecule has 100 valence electrons. The molecule has 6 heteroatoms. The molecule has 1 atom stereocenters. The molecule has 2 rings (SSSR count). The van der Waals surface area contributed by atoms with E-state index in [9.17, 15) is 4.79 Å². The molecule has 1 fully saturated rings. The van der Waals surface area contributed by atoms with Crippen molar-refractivity contribution in [2.75, 3.05) is 0 Å². The summed E-state index contributed by atoms with van der Waals surface area (Å²) in [6.45, 7) is 6.54. The van der Waals surface area contributed by atoms with E-state index in [1.807, 2.05) is 11.6 Å². The van der Waals surface area contributed by atoms with Crippen molar-refractivity contribution in [3.8, 4) is 0 Å². The standard InChI is InChI=1S/C12H21N5O/c1-8(2)17-11(14-7-15-17)6-13-9(3)12(18)16-10-4-5-10/h7-10,13H,4-6H2,1-3H3,(H,16,18). The van der Waals surface area contributed by atoms with Gasteiger partial charge in [-0.15, -0.1) is 0 Å². The van der Waals surface area contributed by atoms with Crippen molar-refractivity contribution >= 4 is 5.91 Å². The number of hydrogen-bond donors (Lipinski definition) is 2. The molecule has 1 aliphatic rings. The lowest BCUT2D eigenvalue weighted by Crippen LogP contribution is -2.43. The highest BCUT2D eigenvalue weighted by atomic mass is 16.2. The van der Waals surface area contributed by atoms with Crippen LogP contribution in [0.25, 0.3) is 0 Å². The Bertz CT molecular complexity index is 410. The molecule has 1 aromatic heterocycles. The number of carbonyl (C=O) groups is 1. The number of carbonyl (C=O) groups excluding carboxylic acids is 1. The van der Waals surface area contributed by atoms with Gasteiger partial charge < -0.3 is 5.32 Å². The predicted octanol–water partition coefficient (Wildman–Crippen LogP) is 0.616. The third-order valence-electron chi connectivity index (χ3n) is 3.02. The molecule has 1 heterocycles. The predicted molar refractivity (Wildman–Crippen MR) is 67.9 cm³/mol. The molecule has 0 aliphatic heterocycles. The van der Waals surface area contributed by atoms with Crippen molar-refractivity contribution in [2.45, 2.75) is 58.3 Å². The lowest BCUT2D eigenvalue weighted by Gasteiger charge is -2.14. The third-order valence-corrected chi connectivity index (χ3v) is 3.02. The van der Waals surface area contributed by atoms with Gasteiger partial charge in [0.15, 0.2) is 0 Å². The second-order valence-electron chi connectivity index (χ2n) is 5.10. The molecule has 18 heavy (non-hydrogen) atoms. The van der Waals surface area contributed by atoms with Gasteiger partial charge in [0.05, 0.1) is 12.6 Å². The quantitative estimate of drug-likeness (QED) is 0.777. The first kappa shape index (κ1) is 13.0. The Labute approximate surface area is 107 Å². The highest BCUT2D eigenvalue weighted by Crippen LogP contribution is 2.18. The molecule has 1 aliphatic carbocycles. The summed E-state index contributed by atoms with van der Waals surface area (Å²) in [6, 6.07) is 0.476. The monoisotopic (exact) mass is 251 g/mol. The molecule has 0 saturated heterocycles. The van der Waals surface area contributed by atoms with E-state index in [1.54, 1.807) is 6.33 Å². The first-order chi connectivity index (χ1) is 8.58. The van der Waals surface area contributed by atoms with Gasteiger partial charge in [-0.2, -0.15) is 5.10 Å². The Morgan fingerprint density at radius 2 is 2.22 bits per heavy atom. The van der Waals surface area contributed by atoms with Crippen LogP contribution in [0.1, 0.15) is 45.5 Å². The Morgan fingerprint density at radius 3 is 2.83 bits per heavy atom. The van der Waals surface area contributed by atoms with Gasteiger partial charge in [-0.05, 0) is 33.6 Å². The summed E-state index contributed by atoms with van der Waals surface area (Å²) in [5, 5.41) is 10.3. The minimum absolute atomic E-state index is 0.0631. The van der Waals surface area contributed by atoms with E-state index in [0.29, 0.717) is 12.6 Å². The first-order valence-electron chi connectivity index (χ1n) is 6.50.